The van der Waals surface area contributed by atoms with Crippen LogP contribution in [0.3, 0.4) is 0 Å². The Balaban J connectivity index is 1.49. The molecule has 8 heteroatoms. The molecule has 3 aromatic heterocycles. The molecule has 5 heterocycles. The molecule has 2 aliphatic rings. The molecule has 7 aromatic rings. The number of nitrogens with one attached hydrogen (secondary N) is 2. The summed E-state index contributed by atoms with van der Waals surface area (Å²) >= 11 is 3.84. The van der Waals surface area contributed by atoms with Crippen LogP contribution in [0.1, 0.15) is 122 Å². The molecule has 0 unspecified atom stereocenters. The van der Waals surface area contributed by atoms with Crippen molar-refractivity contribution in [2.75, 3.05) is 0 Å². The van der Waals surface area contributed by atoms with E-state index in [0.717, 1.165) is 66.9 Å². The van der Waals surface area contributed by atoms with Crippen molar-refractivity contribution in [2.24, 2.45) is 4.99 Å². The summed E-state index contributed by atoms with van der Waals surface area (Å²) in [4.78, 5) is 31.9. The van der Waals surface area contributed by atoms with Gasteiger partial charge in [0.15, 0.2) is 5.69 Å². The van der Waals surface area contributed by atoms with Gasteiger partial charge in [-0.3, -0.25) is 10.1 Å². The first-order chi connectivity index (χ1) is 32.0. The van der Waals surface area contributed by atoms with Crippen molar-refractivity contribution in [1.29, 1.82) is 0 Å². The molecule has 4 aromatic carbocycles. The number of rotatable bonds is 5. The number of fused-ring (bicyclic) bond motifs is 8. The molecule has 7 nitrogen and oxygen atoms in total. The van der Waals surface area contributed by atoms with Gasteiger partial charge in [-0.2, -0.15) is 0 Å². The molecule has 0 saturated carbocycles. The second-order valence-electron chi connectivity index (χ2n) is 22.3. The van der Waals surface area contributed by atoms with Crippen LogP contribution in [-0.2, 0) is 21.7 Å². The zero-order valence-corrected chi connectivity index (χ0v) is 42.8. The SMILES string of the molecule is CC(C)(C)c1ccc(-c2c3nc(c(-c4ccc(C(C)(C)C)cc4)c4ccc([nH]4)c(-c4ccc(C(C)(C)C)cc4)c4c([N+](=O)[O-])c(c(-c5ccc(C(C)(C)C)cc5)c5ccc2[nH]5)N=C4Br)C=C3)cc1. The van der Waals surface area contributed by atoms with E-state index in [2.05, 4.69) is 230 Å². The fraction of sp³-hybridized carbons (Fsp3) is 0.267. The first kappa shape index (κ1) is 46.5. The van der Waals surface area contributed by atoms with Crippen molar-refractivity contribution in [2.45, 2.75) is 105 Å². The molecular weight excluding hydrogens is 903 g/mol. The molecule has 344 valence electrons. The Bertz CT molecular complexity index is 3360. The lowest BCUT2D eigenvalue weighted by molar-refractivity contribution is -0.383. The largest absolute Gasteiger partial charge is 0.354 e. The number of hydrogen-bond acceptors (Lipinski definition) is 4. The molecule has 0 spiro atoms. The highest BCUT2D eigenvalue weighted by molar-refractivity contribution is 9.18. The summed E-state index contributed by atoms with van der Waals surface area (Å²) in [5.41, 5.74) is 16.4. The highest BCUT2D eigenvalue weighted by Gasteiger charge is 2.34. The van der Waals surface area contributed by atoms with Crippen molar-refractivity contribution in [1.82, 2.24) is 15.0 Å². The average molecular weight is 963 g/mol. The molecule has 0 fully saturated rings. The summed E-state index contributed by atoms with van der Waals surface area (Å²) in [6, 6.07) is 42.3. The number of nitrogens with zero attached hydrogens (tertiary/aromatic N) is 3. The van der Waals surface area contributed by atoms with Crippen molar-refractivity contribution < 1.29 is 4.92 Å². The van der Waals surface area contributed by atoms with E-state index in [1.165, 1.54) is 11.1 Å². The number of hydrogen-bond donors (Lipinski definition) is 2. The van der Waals surface area contributed by atoms with Crippen LogP contribution in [0.15, 0.2) is 126 Å². The van der Waals surface area contributed by atoms with Gasteiger partial charge in [0.25, 0.3) is 0 Å². The molecule has 0 atom stereocenters. The summed E-state index contributed by atoms with van der Waals surface area (Å²) < 4.78 is 0.375. The van der Waals surface area contributed by atoms with E-state index in [0.29, 0.717) is 32.3 Å². The van der Waals surface area contributed by atoms with Gasteiger partial charge >= 0.3 is 5.69 Å². The van der Waals surface area contributed by atoms with Crippen LogP contribution in [0, 0.1) is 10.1 Å². The van der Waals surface area contributed by atoms with E-state index in [1.54, 1.807) is 0 Å². The molecule has 2 aliphatic heterocycles. The van der Waals surface area contributed by atoms with Crippen molar-refractivity contribution >= 4 is 66.1 Å². The minimum absolute atomic E-state index is 0.0373. The summed E-state index contributed by atoms with van der Waals surface area (Å²) in [5.74, 6) is 0. The normalized spacial score (nSPS) is 13.2. The molecule has 68 heavy (non-hydrogen) atoms. The Morgan fingerprint density at radius 2 is 0.721 bits per heavy atom. The Hall–Kier alpha value is -6.64. The zero-order chi connectivity index (χ0) is 48.7. The van der Waals surface area contributed by atoms with Gasteiger partial charge in [0.2, 0.25) is 0 Å². The lowest BCUT2D eigenvalue weighted by Gasteiger charge is -2.19. The topological polar surface area (TPSA) is 100.0 Å². The van der Waals surface area contributed by atoms with E-state index >= 15 is 0 Å². The number of halogens is 1. The van der Waals surface area contributed by atoms with Gasteiger partial charge in [-0.1, -0.05) is 180 Å². The summed E-state index contributed by atoms with van der Waals surface area (Å²) in [6.07, 6.45) is 4.21. The van der Waals surface area contributed by atoms with Crippen LogP contribution in [-0.4, -0.2) is 24.5 Å². The first-order valence-electron chi connectivity index (χ1n) is 23.4. The fourth-order valence-corrected chi connectivity index (χ4v) is 9.86. The van der Waals surface area contributed by atoms with Crippen LogP contribution in [0.5, 0.6) is 0 Å². The smallest absolute Gasteiger partial charge is 0.306 e. The number of benzene rings is 4. The van der Waals surface area contributed by atoms with Gasteiger partial charge in [-0.25, -0.2) is 9.98 Å². The Kier molecular flexibility index (Phi) is 11.5. The van der Waals surface area contributed by atoms with Crippen LogP contribution in [0.2, 0.25) is 0 Å². The van der Waals surface area contributed by atoms with Crippen molar-refractivity contribution in [3.05, 3.63) is 171 Å². The Morgan fingerprint density at radius 1 is 0.426 bits per heavy atom. The number of aromatic nitrogens is 3. The van der Waals surface area contributed by atoms with Crippen molar-refractivity contribution in [3.63, 3.8) is 0 Å². The van der Waals surface area contributed by atoms with E-state index < -0.39 is 0 Å². The molecule has 8 bridgehead atoms. The van der Waals surface area contributed by atoms with E-state index in [4.69, 9.17) is 9.98 Å². The third kappa shape index (κ3) is 8.71. The molecule has 0 radical (unpaired) electrons. The lowest BCUT2D eigenvalue weighted by Crippen LogP contribution is -2.10. The average Bonchev–Trinajstić information content (AvgIpc) is 4.10. The van der Waals surface area contributed by atoms with E-state index in [-0.39, 0.29) is 38.0 Å². The highest BCUT2D eigenvalue weighted by Crippen LogP contribution is 2.50. The second-order valence-corrected chi connectivity index (χ2v) is 23.1. The molecular formula is C60H60BrN5O2. The summed E-state index contributed by atoms with van der Waals surface area (Å²) in [7, 11) is 0. The predicted molar refractivity (Wildman–Crippen MR) is 290 cm³/mol. The molecule has 0 aliphatic carbocycles. The van der Waals surface area contributed by atoms with Crippen LogP contribution >= 0.6 is 15.9 Å². The maximum absolute atomic E-state index is 14.0. The number of aliphatic imine (C=N–C) groups is 1. The van der Waals surface area contributed by atoms with Gasteiger partial charge in [0, 0.05) is 44.3 Å². The first-order valence-corrected chi connectivity index (χ1v) is 24.2. The highest BCUT2D eigenvalue weighted by atomic mass is 79.9. The maximum atomic E-state index is 14.0. The molecule has 2 N–H and O–H groups in total. The summed E-state index contributed by atoms with van der Waals surface area (Å²) in [5, 5.41) is 14.0. The quantitative estimate of drug-likeness (QED) is 0.133. The monoisotopic (exact) mass is 961 g/mol. The molecule has 0 amide bonds. The number of aromatic amines is 2. The maximum Gasteiger partial charge on any atom is 0.306 e. The molecule has 0 saturated heterocycles. The van der Waals surface area contributed by atoms with Gasteiger partial charge in [-0.15, -0.1) is 0 Å². The van der Waals surface area contributed by atoms with E-state index in [9.17, 15) is 10.1 Å². The standard InChI is InChI=1S/C60H60BrN5O2/c1-57(2,3)39-21-13-35(14-22-39)49-43-29-30-44(62-43)50(36-15-23-40(24-16-36)58(4,5)6)46-32-34-48(64-46)52(38-19-27-42(28-20-38)60(10,11)12)54-55(66(67)68)53(56(61)65-54)51(47-33-31-45(49)63-47)37-17-25-41(26-18-37)59(7,8)9/h13-34,63-64H,1-12H3. The minimum Gasteiger partial charge on any atom is -0.354 e. The van der Waals surface area contributed by atoms with Crippen molar-refractivity contribution in [3.8, 4) is 44.5 Å². The third-order valence-corrected chi connectivity index (χ3v) is 13.9. The second kappa shape index (κ2) is 16.8. The van der Waals surface area contributed by atoms with E-state index in [1.807, 2.05) is 12.1 Å². The fourth-order valence-electron chi connectivity index (χ4n) is 9.30. The van der Waals surface area contributed by atoms with Gasteiger partial charge < -0.3 is 9.97 Å². The Morgan fingerprint density at radius 3 is 1.04 bits per heavy atom. The lowest BCUT2D eigenvalue weighted by atomic mass is 9.86. The van der Waals surface area contributed by atoms with Crippen LogP contribution in [0.25, 0.3) is 78.7 Å². The molecule has 9 rings (SSSR count). The number of H-pyrrole nitrogens is 2. The van der Waals surface area contributed by atoms with Crippen LogP contribution < -0.4 is 0 Å². The number of nitro groups is 1. The Labute approximate surface area is 408 Å². The van der Waals surface area contributed by atoms with Gasteiger partial charge in [0.1, 0.15) is 4.62 Å². The van der Waals surface area contributed by atoms with Gasteiger partial charge in [0.05, 0.1) is 21.9 Å². The predicted octanol–water partition coefficient (Wildman–Crippen LogP) is 17.3. The zero-order valence-electron chi connectivity index (χ0n) is 41.2. The third-order valence-electron chi connectivity index (χ3n) is 13.3. The minimum atomic E-state index is -0.274. The van der Waals surface area contributed by atoms with Crippen LogP contribution in [0.4, 0.5) is 11.4 Å². The van der Waals surface area contributed by atoms with Gasteiger partial charge in [-0.05, 0) is 119 Å². The summed E-state index contributed by atoms with van der Waals surface area (Å²) in [6.45, 7) is 26.4.